The highest BCUT2D eigenvalue weighted by molar-refractivity contribution is 5.87. The molecule has 0 aliphatic carbocycles. The van der Waals surface area contributed by atoms with E-state index in [4.69, 9.17) is 9.47 Å². The Morgan fingerprint density at radius 1 is 1.14 bits per heavy atom. The molecule has 0 atom stereocenters. The van der Waals surface area contributed by atoms with E-state index in [1.54, 1.807) is 13.0 Å². The van der Waals surface area contributed by atoms with E-state index in [-0.39, 0.29) is 5.97 Å². The van der Waals surface area contributed by atoms with Gasteiger partial charge in [-0.2, -0.15) is 0 Å². The summed E-state index contributed by atoms with van der Waals surface area (Å²) in [6.07, 6.45) is 3.18. The van der Waals surface area contributed by atoms with Crippen LogP contribution in [0.15, 0.2) is 54.6 Å². The average Bonchev–Trinajstić information content (AvgIpc) is 2.53. The SMILES string of the molecule is CCOC(=O)/C=C/c1ccc(OCc2ccccc2)c(C)c1. The van der Waals surface area contributed by atoms with E-state index in [0.29, 0.717) is 13.2 Å². The van der Waals surface area contributed by atoms with Crippen molar-refractivity contribution in [3.8, 4) is 5.75 Å². The molecule has 3 heteroatoms. The normalized spacial score (nSPS) is 10.6. The van der Waals surface area contributed by atoms with Crippen molar-refractivity contribution in [3.05, 3.63) is 71.3 Å². The summed E-state index contributed by atoms with van der Waals surface area (Å²) in [7, 11) is 0. The van der Waals surface area contributed by atoms with Crippen molar-refractivity contribution in [3.63, 3.8) is 0 Å². The maximum atomic E-state index is 11.3. The molecule has 0 unspecified atom stereocenters. The summed E-state index contributed by atoms with van der Waals surface area (Å²) >= 11 is 0. The highest BCUT2D eigenvalue weighted by Crippen LogP contribution is 2.21. The Bertz CT molecular complexity index is 645. The fourth-order valence-corrected chi connectivity index (χ4v) is 2.03. The molecule has 0 saturated carbocycles. The van der Waals surface area contributed by atoms with Gasteiger partial charge >= 0.3 is 5.97 Å². The number of ether oxygens (including phenoxy) is 2. The number of rotatable bonds is 6. The van der Waals surface area contributed by atoms with Gasteiger partial charge in [-0.25, -0.2) is 4.79 Å². The summed E-state index contributed by atoms with van der Waals surface area (Å²) in [5.41, 5.74) is 3.10. The second-order valence-electron chi connectivity index (χ2n) is 4.88. The number of carbonyl (C=O) groups excluding carboxylic acids is 1. The lowest BCUT2D eigenvalue weighted by Crippen LogP contribution is -1.99. The molecule has 2 rings (SSSR count). The van der Waals surface area contributed by atoms with Crippen molar-refractivity contribution in [2.24, 2.45) is 0 Å². The van der Waals surface area contributed by atoms with Crippen LogP contribution in [0.1, 0.15) is 23.6 Å². The Kier molecular flexibility index (Phi) is 5.78. The van der Waals surface area contributed by atoms with Crippen molar-refractivity contribution in [2.75, 3.05) is 6.61 Å². The van der Waals surface area contributed by atoms with Gasteiger partial charge in [0, 0.05) is 6.08 Å². The van der Waals surface area contributed by atoms with Gasteiger partial charge in [-0.15, -0.1) is 0 Å². The van der Waals surface area contributed by atoms with E-state index in [2.05, 4.69) is 0 Å². The Morgan fingerprint density at radius 3 is 2.59 bits per heavy atom. The van der Waals surface area contributed by atoms with Crippen molar-refractivity contribution in [1.82, 2.24) is 0 Å². The summed E-state index contributed by atoms with van der Waals surface area (Å²) in [6.45, 7) is 4.70. The van der Waals surface area contributed by atoms with Crippen molar-refractivity contribution in [1.29, 1.82) is 0 Å². The van der Waals surface area contributed by atoms with Crippen LogP contribution >= 0.6 is 0 Å². The lowest BCUT2D eigenvalue weighted by molar-refractivity contribution is -0.137. The van der Waals surface area contributed by atoms with Gasteiger partial charge in [0.15, 0.2) is 0 Å². The van der Waals surface area contributed by atoms with E-state index >= 15 is 0 Å². The van der Waals surface area contributed by atoms with E-state index in [0.717, 1.165) is 22.4 Å². The minimum absolute atomic E-state index is 0.329. The highest BCUT2D eigenvalue weighted by Gasteiger charge is 2.01. The molecule has 0 bridgehead atoms. The molecule has 0 N–H and O–H groups in total. The first kappa shape index (κ1) is 15.8. The Labute approximate surface area is 131 Å². The second kappa shape index (κ2) is 8.03. The van der Waals surface area contributed by atoms with E-state index in [1.165, 1.54) is 6.08 Å². The van der Waals surface area contributed by atoms with Gasteiger partial charge in [0.05, 0.1) is 6.61 Å². The Morgan fingerprint density at radius 2 is 1.91 bits per heavy atom. The van der Waals surface area contributed by atoms with Crippen molar-refractivity contribution < 1.29 is 14.3 Å². The number of esters is 1. The van der Waals surface area contributed by atoms with Crippen LogP contribution in [0.3, 0.4) is 0 Å². The van der Waals surface area contributed by atoms with Gasteiger partial charge in [0.1, 0.15) is 12.4 Å². The summed E-state index contributed by atoms with van der Waals surface area (Å²) in [6, 6.07) is 15.9. The minimum Gasteiger partial charge on any atom is -0.489 e. The van der Waals surface area contributed by atoms with Gasteiger partial charge < -0.3 is 9.47 Å². The first-order chi connectivity index (χ1) is 10.7. The third-order valence-electron chi connectivity index (χ3n) is 3.13. The lowest BCUT2D eigenvalue weighted by atomic mass is 10.1. The molecule has 0 fully saturated rings. The molecule has 3 nitrogen and oxygen atoms in total. The topological polar surface area (TPSA) is 35.5 Å². The standard InChI is InChI=1S/C19H20O3/c1-3-21-19(20)12-10-16-9-11-18(15(2)13-16)22-14-17-7-5-4-6-8-17/h4-13H,3,14H2,1-2H3/b12-10+. The third kappa shape index (κ3) is 4.77. The molecule has 0 aromatic heterocycles. The van der Waals surface area contributed by atoms with Gasteiger partial charge in [-0.05, 0) is 48.7 Å². The molecule has 0 radical (unpaired) electrons. The zero-order valence-electron chi connectivity index (χ0n) is 12.9. The molecular weight excluding hydrogens is 276 g/mol. The molecule has 0 aliphatic heterocycles. The number of hydrogen-bond donors (Lipinski definition) is 0. The monoisotopic (exact) mass is 296 g/mol. The largest absolute Gasteiger partial charge is 0.489 e. The van der Waals surface area contributed by atoms with Crippen LogP contribution in [0.2, 0.25) is 0 Å². The Balaban J connectivity index is 1.99. The van der Waals surface area contributed by atoms with E-state index < -0.39 is 0 Å². The zero-order chi connectivity index (χ0) is 15.8. The van der Waals surface area contributed by atoms with Gasteiger partial charge in [0.25, 0.3) is 0 Å². The molecular formula is C19H20O3. The summed E-state index contributed by atoms with van der Waals surface area (Å²) in [5.74, 6) is 0.515. The molecule has 0 aliphatic rings. The van der Waals surface area contributed by atoms with Crippen LogP contribution in [0.5, 0.6) is 5.75 Å². The maximum Gasteiger partial charge on any atom is 0.330 e. The van der Waals surface area contributed by atoms with Crippen LogP contribution < -0.4 is 4.74 Å². The van der Waals surface area contributed by atoms with E-state index in [9.17, 15) is 4.79 Å². The van der Waals surface area contributed by atoms with Crippen LogP contribution in [0.4, 0.5) is 0 Å². The van der Waals surface area contributed by atoms with Gasteiger partial charge in [-0.3, -0.25) is 0 Å². The molecule has 114 valence electrons. The maximum absolute atomic E-state index is 11.3. The smallest absolute Gasteiger partial charge is 0.330 e. The lowest BCUT2D eigenvalue weighted by Gasteiger charge is -2.09. The first-order valence-corrected chi connectivity index (χ1v) is 7.31. The highest BCUT2D eigenvalue weighted by atomic mass is 16.5. The average molecular weight is 296 g/mol. The second-order valence-corrected chi connectivity index (χ2v) is 4.88. The first-order valence-electron chi connectivity index (χ1n) is 7.31. The third-order valence-corrected chi connectivity index (χ3v) is 3.13. The molecule has 2 aromatic carbocycles. The number of aryl methyl sites for hydroxylation is 1. The van der Waals surface area contributed by atoms with Crippen LogP contribution in [-0.2, 0) is 16.1 Å². The predicted molar refractivity (Wildman–Crippen MR) is 87.6 cm³/mol. The number of carbonyl (C=O) groups is 1. The summed E-state index contributed by atoms with van der Waals surface area (Å²) in [5, 5.41) is 0. The quantitative estimate of drug-likeness (QED) is 0.593. The number of benzene rings is 2. The minimum atomic E-state index is -0.329. The van der Waals surface area contributed by atoms with E-state index in [1.807, 2.05) is 55.5 Å². The predicted octanol–water partition coefficient (Wildman–Crippen LogP) is 4.15. The van der Waals surface area contributed by atoms with Gasteiger partial charge in [0.2, 0.25) is 0 Å². The molecule has 22 heavy (non-hydrogen) atoms. The van der Waals surface area contributed by atoms with Crippen molar-refractivity contribution in [2.45, 2.75) is 20.5 Å². The Hall–Kier alpha value is -2.55. The molecule has 0 saturated heterocycles. The fourth-order valence-electron chi connectivity index (χ4n) is 2.03. The van der Waals surface area contributed by atoms with Crippen LogP contribution in [0, 0.1) is 6.92 Å². The summed E-state index contributed by atoms with van der Waals surface area (Å²) < 4.78 is 10.7. The van der Waals surface area contributed by atoms with Crippen LogP contribution in [-0.4, -0.2) is 12.6 Å². The molecule has 0 spiro atoms. The zero-order valence-corrected chi connectivity index (χ0v) is 12.9. The fraction of sp³-hybridized carbons (Fsp3) is 0.211. The molecule has 2 aromatic rings. The summed E-state index contributed by atoms with van der Waals surface area (Å²) in [4.78, 5) is 11.3. The number of hydrogen-bond acceptors (Lipinski definition) is 3. The van der Waals surface area contributed by atoms with Crippen LogP contribution in [0.25, 0.3) is 6.08 Å². The molecule has 0 heterocycles. The van der Waals surface area contributed by atoms with Gasteiger partial charge in [-0.1, -0.05) is 36.4 Å². The molecule has 0 amide bonds. The van der Waals surface area contributed by atoms with Crippen molar-refractivity contribution >= 4 is 12.0 Å².